The predicted molar refractivity (Wildman–Crippen MR) is 43.7 cm³/mol. The van der Waals surface area contributed by atoms with Crippen LogP contribution in [0.2, 0.25) is 0 Å². The summed E-state index contributed by atoms with van der Waals surface area (Å²) < 4.78 is 0. The van der Waals surface area contributed by atoms with Gasteiger partial charge < -0.3 is 10.9 Å². The smallest absolute Gasteiger partial charge is 0.0733 e. The second-order valence-electron chi connectivity index (χ2n) is 2.19. The topological polar surface area (TPSA) is 58.6 Å². The van der Waals surface area contributed by atoms with Crippen molar-refractivity contribution in [2.75, 3.05) is 0 Å². The van der Waals surface area contributed by atoms with Crippen LogP contribution in [0, 0.1) is 0 Å². The van der Waals surface area contributed by atoms with Crippen LogP contribution in [0.5, 0.6) is 0 Å². The van der Waals surface area contributed by atoms with Crippen molar-refractivity contribution in [3.63, 3.8) is 0 Å². The van der Waals surface area contributed by atoms with Crippen molar-refractivity contribution in [2.24, 2.45) is 10.9 Å². The molecule has 0 fully saturated rings. The SMILES string of the molecule is NCc1ccc(/C=N/O)cc1. The van der Waals surface area contributed by atoms with Crippen molar-refractivity contribution in [1.29, 1.82) is 0 Å². The summed E-state index contributed by atoms with van der Waals surface area (Å²) >= 11 is 0. The number of oxime groups is 1. The van der Waals surface area contributed by atoms with Crippen LogP contribution in [-0.4, -0.2) is 11.4 Å². The molecule has 1 aromatic carbocycles. The largest absolute Gasteiger partial charge is 0.411 e. The van der Waals surface area contributed by atoms with Crippen LogP contribution in [0.4, 0.5) is 0 Å². The second-order valence-corrected chi connectivity index (χ2v) is 2.19. The van der Waals surface area contributed by atoms with Crippen LogP contribution < -0.4 is 5.73 Å². The fraction of sp³-hybridized carbons (Fsp3) is 0.125. The van der Waals surface area contributed by atoms with Crippen LogP contribution in [0.3, 0.4) is 0 Å². The lowest BCUT2D eigenvalue weighted by Gasteiger charge is -1.95. The summed E-state index contributed by atoms with van der Waals surface area (Å²) in [5.41, 5.74) is 7.33. The van der Waals surface area contributed by atoms with E-state index >= 15 is 0 Å². The van der Waals surface area contributed by atoms with Crippen LogP contribution in [-0.2, 0) is 6.54 Å². The first-order valence-corrected chi connectivity index (χ1v) is 3.33. The van der Waals surface area contributed by atoms with Crippen LogP contribution in [0.1, 0.15) is 11.1 Å². The van der Waals surface area contributed by atoms with Gasteiger partial charge in [-0.15, -0.1) is 0 Å². The first kappa shape index (κ1) is 7.75. The second kappa shape index (κ2) is 3.73. The molecule has 3 nitrogen and oxygen atoms in total. The molecular weight excluding hydrogens is 140 g/mol. The van der Waals surface area contributed by atoms with E-state index in [2.05, 4.69) is 5.16 Å². The maximum atomic E-state index is 8.19. The van der Waals surface area contributed by atoms with Gasteiger partial charge in [0.15, 0.2) is 0 Å². The minimum Gasteiger partial charge on any atom is -0.411 e. The number of benzene rings is 1. The zero-order chi connectivity index (χ0) is 8.10. The molecular formula is C8H10N2O. The van der Waals surface area contributed by atoms with E-state index in [-0.39, 0.29) is 0 Å². The van der Waals surface area contributed by atoms with E-state index in [0.717, 1.165) is 11.1 Å². The van der Waals surface area contributed by atoms with Gasteiger partial charge in [0.05, 0.1) is 6.21 Å². The molecule has 58 valence electrons. The number of hydrogen-bond acceptors (Lipinski definition) is 3. The third-order valence-electron chi connectivity index (χ3n) is 1.42. The number of nitrogens with zero attached hydrogens (tertiary/aromatic N) is 1. The van der Waals surface area contributed by atoms with E-state index in [0.29, 0.717) is 6.54 Å². The van der Waals surface area contributed by atoms with Gasteiger partial charge in [0.2, 0.25) is 0 Å². The lowest BCUT2D eigenvalue weighted by Crippen LogP contribution is -1.95. The Morgan fingerprint density at radius 3 is 2.45 bits per heavy atom. The lowest BCUT2D eigenvalue weighted by molar-refractivity contribution is 0.322. The van der Waals surface area contributed by atoms with Crippen LogP contribution in [0.15, 0.2) is 29.4 Å². The Labute approximate surface area is 65.1 Å². The van der Waals surface area contributed by atoms with Gasteiger partial charge in [0, 0.05) is 6.54 Å². The zero-order valence-electron chi connectivity index (χ0n) is 6.07. The molecule has 1 aromatic rings. The van der Waals surface area contributed by atoms with Gasteiger partial charge in [0.1, 0.15) is 0 Å². The summed E-state index contributed by atoms with van der Waals surface area (Å²) in [6.45, 7) is 0.538. The maximum Gasteiger partial charge on any atom is 0.0733 e. The van der Waals surface area contributed by atoms with E-state index in [1.807, 2.05) is 24.3 Å². The summed E-state index contributed by atoms with van der Waals surface area (Å²) in [5, 5.41) is 11.1. The van der Waals surface area contributed by atoms with E-state index in [1.165, 1.54) is 6.21 Å². The Bertz CT molecular complexity index is 241. The summed E-state index contributed by atoms with van der Waals surface area (Å²) in [4.78, 5) is 0. The zero-order valence-corrected chi connectivity index (χ0v) is 6.07. The fourth-order valence-corrected chi connectivity index (χ4v) is 0.806. The molecule has 0 aliphatic heterocycles. The van der Waals surface area contributed by atoms with Gasteiger partial charge in [-0.1, -0.05) is 29.4 Å². The minimum atomic E-state index is 0.538. The van der Waals surface area contributed by atoms with Crippen molar-refractivity contribution >= 4 is 6.21 Å². The standard InChI is InChI=1S/C8H10N2O/c9-5-7-1-3-8(4-2-7)6-10-11/h1-4,6,11H,5,9H2/b10-6+. The molecule has 0 radical (unpaired) electrons. The first-order valence-electron chi connectivity index (χ1n) is 3.33. The summed E-state index contributed by atoms with van der Waals surface area (Å²) in [5.74, 6) is 0. The van der Waals surface area contributed by atoms with Crippen molar-refractivity contribution in [2.45, 2.75) is 6.54 Å². The molecule has 3 N–H and O–H groups in total. The molecule has 0 unspecified atom stereocenters. The van der Waals surface area contributed by atoms with Gasteiger partial charge >= 0.3 is 0 Å². The monoisotopic (exact) mass is 150 g/mol. The molecule has 0 saturated carbocycles. The summed E-state index contributed by atoms with van der Waals surface area (Å²) in [7, 11) is 0. The molecule has 0 amide bonds. The highest BCUT2D eigenvalue weighted by Crippen LogP contribution is 2.00. The van der Waals surface area contributed by atoms with Gasteiger partial charge in [-0.05, 0) is 11.1 Å². The van der Waals surface area contributed by atoms with Gasteiger partial charge in [0.25, 0.3) is 0 Å². The van der Waals surface area contributed by atoms with E-state index < -0.39 is 0 Å². The maximum absolute atomic E-state index is 8.19. The summed E-state index contributed by atoms with van der Waals surface area (Å²) in [6.07, 6.45) is 1.38. The Hall–Kier alpha value is -1.35. The van der Waals surface area contributed by atoms with Gasteiger partial charge in [-0.2, -0.15) is 0 Å². The van der Waals surface area contributed by atoms with Gasteiger partial charge in [-0.25, -0.2) is 0 Å². The Balaban J connectivity index is 2.82. The highest BCUT2D eigenvalue weighted by atomic mass is 16.4. The normalized spacial score (nSPS) is 10.6. The Kier molecular flexibility index (Phi) is 2.63. The molecule has 0 atom stereocenters. The van der Waals surface area contributed by atoms with E-state index in [1.54, 1.807) is 0 Å². The third kappa shape index (κ3) is 2.05. The number of hydrogen-bond donors (Lipinski definition) is 2. The average molecular weight is 150 g/mol. The Morgan fingerprint density at radius 2 is 2.00 bits per heavy atom. The van der Waals surface area contributed by atoms with Crippen LogP contribution in [0.25, 0.3) is 0 Å². The molecule has 0 aromatic heterocycles. The van der Waals surface area contributed by atoms with Crippen molar-refractivity contribution < 1.29 is 5.21 Å². The quantitative estimate of drug-likeness (QED) is 0.374. The van der Waals surface area contributed by atoms with Crippen molar-refractivity contribution in [3.8, 4) is 0 Å². The predicted octanol–water partition coefficient (Wildman–Crippen LogP) is 0.953. The molecule has 1 rings (SSSR count). The van der Waals surface area contributed by atoms with Crippen LogP contribution >= 0.6 is 0 Å². The number of rotatable bonds is 2. The fourth-order valence-electron chi connectivity index (χ4n) is 0.806. The molecule has 0 aliphatic rings. The Morgan fingerprint density at radius 1 is 1.36 bits per heavy atom. The van der Waals surface area contributed by atoms with E-state index in [9.17, 15) is 0 Å². The van der Waals surface area contributed by atoms with Gasteiger partial charge in [-0.3, -0.25) is 0 Å². The molecule has 0 saturated heterocycles. The highest BCUT2D eigenvalue weighted by Gasteiger charge is 1.88. The third-order valence-corrected chi connectivity index (χ3v) is 1.42. The molecule has 11 heavy (non-hydrogen) atoms. The molecule has 3 heteroatoms. The minimum absolute atomic E-state index is 0.538. The molecule has 0 aliphatic carbocycles. The summed E-state index contributed by atoms with van der Waals surface area (Å²) in [6, 6.07) is 7.50. The number of nitrogens with two attached hydrogens (primary N) is 1. The molecule has 0 heterocycles. The average Bonchev–Trinajstić information content (AvgIpc) is 2.07. The van der Waals surface area contributed by atoms with Crippen molar-refractivity contribution in [1.82, 2.24) is 0 Å². The van der Waals surface area contributed by atoms with Crippen molar-refractivity contribution in [3.05, 3.63) is 35.4 Å². The lowest BCUT2D eigenvalue weighted by atomic mass is 10.1. The van der Waals surface area contributed by atoms with E-state index in [4.69, 9.17) is 10.9 Å². The molecule has 0 spiro atoms. The highest BCUT2D eigenvalue weighted by molar-refractivity contribution is 5.78. The first-order chi connectivity index (χ1) is 5.36. The molecule has 0 bridgehead atoms.